The van der Waals surface area contributed by atoms with Crippen LogP contribution in [0.5, 0.6) is 5.75 Å². The number of amides is 1. The minimum atomic E-state index is -0.583. The number of carbonyl (C=O) groups is 1. The van der Waals surface area contributed by atoms with Gasteiger partial charge in [-0.05, 0) is 54.4 Å². The number of pyridine rings is 1. The monoisotopic (exact) mass is 435 g/mol. The number of aromatic nitrogens is 1. The van der Waals surface area contributed by atoms with Crippen molar-refractivity contribution in [3.05, 3.63) is 94.3 Å². The maximum atomic E-state index is 12.6. The van der Waals surface area contributed by atoms with Gasteiger partial charge in [0.25, 0.3) is 5.91 Å². The topological polar surface area (TPSA) is 72.8 Å². The molecule has 0 radical (unpaired) electrons. The molecule has 1 N–H and O–H groups in total. The van der Waals surface area contributed by atoms with Crippen molar-refractivity contribution in [2.24, 2.45) is 5.16 Å². The number of methoxy groups -OCH3 is 1. The van der Waals surface area contributed by atoms with Gasteiger partial charge in [-0.1, -0.05) is 41.0 Å². The molecule has 31 heavy (non-hydrogen) atoms. The third-order valence-corrected chi connectivity index (χ3v) is 5.51. The van der Waals surface area contributed by atoms with Crippen LogP contribution in [0.15, 0.2) is 72.0 Å². The van der Waals surface area contributed by atoms with Crippen LogP contribution < -0.4 is 10.1 Å². The van der Waals surface area contributed by atoms with Crippen molar-refractivity contribution in [2.75, 3.05) is 7.11 Å². The fourth-order valence-electron chi connectivity index (χ4n) is 3.40. The normalized spacial score (nSPS) is 17.6. The van der Waals surface area contributed by atoms with Crippen LogP contribution in [-0.4, -0.2) is 23.7 Å². The Morgan fingerprint density at radius 2 is 1.90 bits per heavy atom. The molecule has 0 bridgehead atoms. The molecule has 1 aliphatic heterocycles. The molecule has 4 rings (SSSR count). The van der Waals surface area contributed by atoms with Crippen LogP contribution in [0.3, 0.4) is 0 Å². The highest BCUT2D eigenvalue weighted by molar-refractivity contribution is 6.30. The van der Waals surface area contributed by atoms with E-state index in [1.807, 2.05) is 61.5 Å². The van der Waals surface area contributed by atoms with Crippen LogP contribution in [0.4, 0.5) is 0 Å². The molecule has 2 aromatic carbocycles. The van der Waals surface area contributed by atoms with Gasteiger partial charge in [0.05, 0.1) is 12.8 Å². The molecule has 7 heteroatoms. The van der Waals surface area contributed by atoms with Crippen molar-refractivity contribution in [3.63, 3.8) is 0 Å². The van der Waals surface area contributed by atoms with Crippen molar-refractivity contribution in [1.82, 2.24) is 10.3 Å². The Morgan fingerprint density at radius 1 is 1.16 bits per heavy atom. The number of oxime groups is 1. The number of halogens is 1. The number of nitrogens with one attached hydrogen (secondary N) is 1. The molecule has 1 atom stereocenters. The lowest BCUT2D eigenvalue weighted by Crippen LogP contribution is -2.24. The van der Waals surface area contributed by atoms with E-state index in [9.17, 15) is 4.79 Å². The van der Waals surface area contributed by atoms with Gasteiger partial charge in [0, 0.05) is 29.7 Å². The van der Waals surface area contributed by atoms with Crippen molar-refractivity contribution in [1.29, 1.82) is 0 Å². The van der Waals surface area contributed by atoms with Crippen LogP contribution in [0.25, 0.3) is 0 Å². The highest BCUT2D eigenvalue weighted by atomic mass is 35.5. The average Bonchev–Trinajstić information content (AvgIpc) is 3.21. The molecule has 0 spiro atoms. The van der Waals surface area contributed by atoms with Crippen LogP contribution in [0, 0.1) is 0 Å². The van der Waals surface area contributed by atoms with E-state index in [1.54, 1.807) is 19.4 Å². The Labute approximate surface area is 185 Å². The molecule has 0 saturated heterocycles. The summed E-state index contributed by atoms with van der Waals surface area (Å²) in [6.07, 6.45) is 2.18. The van der Waals surface area contributed by atoms with Gasteiger partial charge >= 0.3 is 0 Å². The lowest BCUT2D eigenvalue weighted by molar-refractivity contribution is -0.00738. The summed E-state index contributed by atoms with van der Waals surface area (Å²) >= 11 is 5.99. The van der Waals surface area contributed by atoms with E-state index in [-0.39, 0.29) is 5.91 Å². The summed E-state index contributed by atoms with van der Waals surface area (Å²) in [6.45, 7) is 2.38. The van der Waals surface area contributed by atoms with E-state index in [0.29, 0.717) is 23.7 Å². The van der Waals surface area contributed by atoms with E-state index in [2.05, 4.69) is 15.5 Å². The highest BCUT2D eigenvalue weighted by Gasteiger charge is 2.36. The Kier molecular flexibility index (Phi) is 5.91. The van der Waals surface area contributed by atoms with E-state index in [1.165, 1.54) is 0 Å². The number of rotatable bonds is 6. The lowest BCUT2D eigenvalue weighted by atomic mass is 9.89. The van der Waals surface area contributed by atoms with E-state index < -0.39 is 5.60 Å². The molecule has 0 fully saturated rings. The average molecular weight is 436 g/mol. The smallest absolute Gasteiger partial charge is 0.270 e. The quantitative estimate of drug-likeness (QED) is 0.608. The summed E-state index contributed by atoms with van der Waals surface area (Å²) in [5.74, 6) is 0.521. The largest absolute Gasteiger partial charge is 0.497 e. The van der Waals surface area contributed by atoms with Gasteiger partial charge in [-0.25, -0.2) is 0 Å². The maximum absolute atomic E-state index is 12.6. The minimum absolute atomic E-state index is 0.252. The molecule has 1 unspecified atom stereocenters. The molecule has 158 valence electrons. The van der Waals surface area contributed by atoms with E-state index in [0.717, 1.165) is 28.2 Å². The fourth-order valence-corrected chi connectivity index (χ4v) is 3.53. The van der Waals surface area contributed by atoms with Gasteiger partial charge in [0.2, 0.25) is 0 Å². The second kappa shape index (κ2) is 8.78. The molecule has 1 amide bonds. The van der Waals surface area contributed by atoms with E-state index >= 15 is 0 Å². The lowest BCUT2D eigenvalue weighted by Gasteiger charge is -2.21. The molecular weight excluding hydrogens is 414 g/mol. The second-order valence-corrected chi connectivity index (χ2v) is 7.94. The van der Waals surface area contributed by atoms with Gasteiger partial charge in [-0.3, -0.25) is 9.78 Å². The Balaban J connectivity index is 1.43. The zero-order chi connectivity index (χ0) is 21.8. The van der Waals surface area contributed by atoms with Gasteiger partial charge in [-0.2, -0.15) is 0 Å². The Morgan fingerprint density at radius 3 is 2.61 bits per heavy atom. The molecular formula is C24H22ClN3O3. The van der Waals surface area contributed by atoms with Crippen LogP contribution in [-0.2, 0) is 17.0 Å². The fraction of sp³-hybridized carbons (Fsp3) is 0.208. The second-order valence-electron chi connectivity index (χ2n) is 7.50. The summed E-state index contributed by atoms with van der Waals surface area (Å²) in [6, 6.07) is 18.6. The Bertz CT molecular complexity index is 1110. The number of nitrogens with zero attached hydrogens (tertiary/aromatic N) is 2. The van der Waals surface area contributed by atoms with Crippen molar-refractivity contribution >= 4 is 23.2 Å². The SMILES string of the molecule is COc1ccc(CNC(=O)c2cc(C3=NOC(C)(c4ccc(Cl)cc4)C3)ccn2)cc1. The molecule has 1 aliphatic rings. The maximum Gasteiger partial charge on any atom is 0.270 e. The van der Waals surface area contributed by atoms with Gasteiger partial charge in [0.15, 0.2) is 5.60 Å². The summed E-state index contributed by atoms with van der Waals surface area (Å²) in [4.78, 5) is 22.6. The van der Waals surface area contributed by atoms with Gasteiger partial charge in [0.1, 0.15) is 11.4 Å². The highest BCUT2D eigenvalue weighted by Crippen LogP contribution is 2.36. The first kappa shape index (κ1) is 20.9. The molecule has 0 saturated carbocycles. The van der Waals surface area contributed by atoms with Gasteiger partial charge < -0.3 is 14.9 Å². The third-order valence-electron chi connectivity index (χ3n) is 5.25. The third kappa shape index (κ3) is 4.70. The summed E-state index contributed by atoms with van der Waals surface area (Å²) in [7, 11) is 1.62. The van der Waals surface area contributed by atoms with Crippen molar-refractivity contribution < 1.29 is 14.4 Å². The Hall–Kier alpha value is -3.38. The first-order valence-corrected chi connectivity index (χ1v) is 10.2. The molecule has 1 aromatic heterocycles. The van der Waals surface area contributed by atoms with E-state index in [4.69, 9.17) is 21.2 Å². The van der Waals surface area contributed by atoms with Crippen LogP contribution >= 0.6 is 11.6 Å². The summed E-state index contributed by atoms with van der Waals surface area (Å²) < 4.78 is 5.15. The number of benzene rings is 2. The predicted octanol–water partition coefficient (Wildman–Crippen LogP) is 4.71. The standard InChI is InChI=1S/C24H22ClN3O3/c1-24(18-5-7-19(25)8-6-18)14-22(28-31-24)17-11-12-26-21(13-17)23(29)27-15-16-3-9-20(30-2)10-4-16/h3-13H,14-15H2,1-2H3,(H,27,29). The zero-order valence-corrected chi connectivity index (χ0v) is 18.0. The molecule has 0 aliphatic carbocycles. The number of hydrogen-bond acceptors (Lipinski definition) is 5. The number of ether oxygens (including phenoxy) is 1. The predicted molar refractivity (Wildman–Crippen MR) is 119 cm³/mol. The minimum Gasteiger partial charge on any atom is -0.497 e. The summed E-state index contributed by atoms with van der Waals surface area (Å²) in [5, 5.41) is 7.84. The van der Waals surface area contributed by atoms with Crippen molar-refractivity contribution in [2.45, 2.75) is 25.5 Å². The first-order chi connectivity index (χ1) is 15.0. The van der Waals surface area contributed by atoms with Gasteiger partial charge in [-0.15, -0.1) is 0 Å². The summed E-state index contributed by atoms with van der Waals surface area (Å²) in [5.41, 5.74) is 3.28. The van der Waals surface area contributed by atoms with Crippen molar-refractivity contribution in [3.8, 4) is 5.75 Å². The number of carbonyl (C=O) groups excluding carboxylic acids is 1. The first-order valence-electron chi connectivity index (χ1n) is 9.85. The molecule has 3 aromatic rings. The van der Waals surface area contributed by atoms with Crippen LogP contribution in [0.1, 0.15) is 40.5 Å². The number of hydrogen-bond donors (Lipinski definition) is 1. The molecule has 6 nitrogen and oxygen atoms in total. The zero-order valence-electron chi connectivity index (χ0n) is 17.3. The van der Waals surface area contributed by atoms with Crippen LogP contribution in [0.2, 0.25) is 5.02 Å². The molecule has 2 heterocycles.